The molecule has 3 nitrogen and oxygen atoms in total. The highest BCUT2D eigenvalue weighted by Crippen LogP contribution is 2.12. The fourth-order valence-electron chi connectivity index (χ4n) is 0.645. The van der Waals surface area contributed by atoms with Crippen molar-refractivity contribution in [1.82, 2.24) is 0 Å². The van der Waals surface area contributed by atoms with Gasteiger partial charge in [-0.1, -0.05) is 11.6 Å². The number of amides is 1. The number of hydrogen-bond donors (Lipinski definition) is 1. The summed E-state index contributed by atoms with van der Waals surface area (Å²) in [6.45, 7) is 0. The molecule has 0 unspecified atom stereocenters. The van der Waals surface area contributed by atoms with Gasteiger partial charge in [0.05, 0.1) is 12.8 Å². The maximum absolute atomic E-state index is 10.7. The zero-order valence-corrected chi connectivity index (χ0v) is 7.18. The fourth-order valence-corrected chi connectivity index (χ4v) is 0.762. The van der Waals surface area contributed by atoms with Crippen LogP contribution in [0, 0.1) is 6.07 Å². The minimum absolute atomic E-state index is 0.520. The van der Waals surface area contributed by atoms with Gasteiger partial charge < -0.3 is 4.74 Å². The van der Waals surface area contributed by atoms with Crippen molar-refractivity contribution in [3.05, 3.63) is 29.3 Å². The highest BCUT2D eigenvalue weighted by atomic mass is 35.5. The Labute approximate surface area is 75.3 Å². The molecule has 0 atom stereocenters. The number of carbonyl (C=O) groups is 1. The van der Waals surface area contributed by atoms with Gasteiger partial charge in [-0.15, -0.1) is 0 Å². The normalized spacial score (nSPS) is 9.17. The molecule has 0 aliphatic carbocycles. The molecule has 0 heterocycles. The standard InChI is InChI=1S/C8H7ClNO2/c1-12-8(11)10-7-4-2-6(9)3-5-7/h2-4H,1H3,(H,10,11). The molecule has 1 amide bonds. The zero-order valence-electron chi connectivity index (χ0n) is 6.43. The highest BCUT2D eigenvalue weighted by molar-refractivity contribution is 6.30. The number of nitrogens with one attached hydrogen (secondary N) is 1. The SMILES string of the molecule is COC(=O)Nc1[c]cc(Cl)cc1. The third-order valence-corrected chi connectivity index (χ3v) is 1.43. The van der Waals surface area contributed by atoms with Crippen LogP contribution in [0.3, 0.4) is 0 Å². The topological polar surface area (TPSA) is 38.3 Å². The van der Waals surface area contributed by atoms with Crippen LogP contribution in [-0.4, -0.2) is 13.2 Å². The second-order valence-corrected chi connectivity index (χ2v) is 2.47. The molecule has 1 radical (unpaired) electrons. The summed E-state index contributed by atoms with van der Waals surface area (Å²) in [6, 6.07) is 7.61. The minimum Gasteiger partial charge on any atom is -0.453 e. The summed E-state index contributed by atoms with van der Waals surface area (Å²) < 4.78 is 4.38. The number of halogens is 1. The van der Waals surface area contributed by atoms with Gasteiger partial charge in [-0.25, -0.2) is 4.79 Å². The number of carbonyl (C=O) groups excluding carboxylic acids is 1. The number of hydrogen-bond acceptors (Lipinski definition) is 2. The molecule has 0 aliphatic rings. The van der Waals surface area contributed by atoms with Gasteiger partial charge in [-0.3, -0.25) is 5.32 Å². The van der Waals surface area contributed by atoms with Crippen molar-refractivity contribution < 1.29 is 9.53 Å². The Morgan fingerprint density at radius 1 is 1.67 bits per heavy atom. The van der Waals surface area contributed by atoms with Crippen LogP contribution in [0.4, 0.5) is 10.5 Å². The molecule has 63 valence electrons. The lowest BCUT2D eigenvalue weighted by Gasteiger charge is -2.01. The summed E-state index contributed by atoms with van der Waals surface area (Å²) in [5.74, 6) is 0. The molecule has 0 fully saturated rings. The maximum atomic E-state index is 10.7. The molecule has 0 spiro atoms. The van der Waals surface area contributed by atoms with Gasteiger partial charge in [0.2, 0.25) is 0 Å². The van der Waals surface area contributed by atoms with Crippen molar-refractivity contribution in [3.63, 3.8) is 0 Å². The van der Waals surface area contributed by atoms with E-state index in [0.717, 1.165) is 0 Å². The Bertz CT molecular complexity index is 271. The van der Waals surface area contributed by atoms with Gasteiger partial charge in [0.1, 0.15) is 0 Å². The van der Waals surface area contributed by atoms with E-state index in [1.165, 1.54) is 7.11 Å². The van der Waals surface area contributed by atoms with E-state index in [4.69, 9.17) is 11.6 Å². The van der Waals surface area contributed by atoms with Crippen LogP contribution in [0.1, 0.15) is 0 Å². The lowest BCUT2D eigenvalue weighted by atomic mass is 10.3. The summed E-state index contributed by atoms with van der Waals surface area (Å²) in [6.07, 6.45) is -0.520. The molecule has 0 saturated heterocycles. The maximum Gasteiger partial charge on any atom is 0.411 e. The third-order valence-electron chi connectivity index (χ3n) is 1.20. The van der Waals surface area contributed by atoms with Crippen molar-refractivity contribution in [3.8, 4) is 0 Å². The first kappa shape index (κ1) is 8.87. The second-order valence-electron chi connectivity index (χ2n) is 2.04. The average Bonchev–Trinajstić information content (AvgIpc) is 2.09. The van der Waals surface area contributed by atoms with Crippen molar-refractivity contribution in [2.45, 2.75) is 0 Å². The Morgan fingerprint density at radius 2 is 2.42 bits per heavy atom. The minimum atomic E-state index is -0.520. The molecule has 0 saturated carbocycles. The van der Waals surface area contributed by atoms with Crippen molar-refractivity contribution >= 4 is 23.4 Å². The first-order valence-corrected chi connectivity index (χ1v) is 3.62. The lowest BCUT2D eigenvalue weighted by molar-refractivity contribution is 0.187. The van der Waals surface area contributed by atoms with Gasteiger partial charge in [0.25, 0.3) is 0 Å². The van der Waals surface area contributed by atoms with Crippen LogP contribution < -0.4 is 5.32 Å². The van der Waals surface area contributed by atoms with E-state index < -0.39 is 6.09 Å². The smallest absolute Gasteiger partial charge is 0.411 e. The van der Waals surface area contributed by atoms with Crippen molar-refractivity contribution in [1.29, 1.82) is 0 Å². The number of rotatable bonds is 1. The predicted octanol–water partition coefficient (Wildman–Crippen LogP) is 2.32. The third kappa shape index (κ3) is 2.43. The van der Waals surface area contributed by atoms with Crippen molar-refractivity contribution in [2.75, 3.05) is 12.4 Å². The van der Waals surface area contributed by atoms with Gasteiger partial charge in [-0.2, -0.15) is 0 Å². The summed E-state index contributed by atoms with van der Waals surface area (Å²) in [7, 11) is 1.30. The molecule has 1 aromatic rings. The fraction of sp³-hybridized carbons (Fsp3) is 0.125. The molecular weight excluding hydrogens is 178 g/mol. The van der Waals surface area contributed by atoms with Gasteiger partial charge in [0, 0.05) is 11.1 Å². The summed E-state index contributed by atoms with van der Waals surface area (Å²) in [4.78, 5) is 10.7. The van der Waals surface area contributed by atoms with E-state index in [1.807, 2.05) is 0 Å². The first-order chi connectivity index (χ1) is 5.72. The summed E-state index contributed by atoms with van der Waals surface area (Å²) >= 11 is 5.61. The van der Waals surface area contributed by atoms with E-state index in [0.29, 0.717) is 10.7 Å². The zero-order chi connectivity index (χ0) is 8.97. The molecule has 0 aliphatic heterocycles. The van der Waals surface area contributed by atoms with Crippen LogP contribution in [0.2, 0.25) is 5.02 Å². The molecule has 0 bridgehead atoms. The quantitative estimate of drug-likeness (QED) is 0.728. The molecule has 4 heteroatoms. The number of methoxy groups -OCH3 is 1. The van der Waals surface area contributed by atoms with Crippen LogP contribution >= 0.6 is 11.6 Å². The van der Waals surface area contributed by atoms with E-state index in [1.54, 1.807) is 18.2 Å². The van der Waals surface area contributed by atoms with E-state index in [9.17, 15) is 4.79 Å². The molecule has 1 rings (SSSR count). The molecular formula is C8H7ClNO2. The lowest BCUT2D eigenvalue weighted by Crippen LogP contribution is -2.10. The largest absolute Gasteiger partial charge is 0.453 e. The Balaban J connectivity index is 2.64. The summed E-state index contributed by atoms with van der Waals surface area (Å²) in [5.41, 5.74) is 0.534. The number of anilines is 1. The highest BCUT2D eigenvalue weighted by Gasteiger charge is 1.98. The average molecular weight is 185 g/mol. The van der Waals surface area contributed by atoms with Crippen LogP contribution in [0.15, 0.2) is 18.2 Å². The van der Waals surface area contributed by atoms with Gasteiger partial charge >= 0.3 is 6.09 Å². The van der Waals surface area contributed by atoms with Crippen LogP contribution in [-0.2, 0) is 4.74 Å². The molecule has 1 N–H and O–H groups in total. The Morgan fingerprint density at radius 3 is 2.92 bits per heavy atom. The Hall–Kier alpha value is -1.22. The van der Waals surface area contributed by atoms with E-state index in [-0.39, 0.29) is 0 Å². The molecule has 0 aromatic heterocycles. The van der Waals surface area contributed by atoms with E-state index in [2.05, 4.69) is 16.1 Å². The van der Waals surface area contributed by atoms with Crippen LogP contribution in [0.5, 0.6) is 0 Å². The van der Waals surface area contributed by atoms with Crippen LogP contribution in [0.25, 0.3) is 0 Å². The molecule has 12 heavy (non-hydrogen) atoms. The number of benzene rings is 1. The Kier molecular flexibility index (Phi) is 2.94. The summed E-state index contributed by atoms with van der Waals surface area (Å²) in [5, 5.41) is 3.02. The van der Waals surface area contributed by atoms with Crippen molar-refractivity contribution in [2.24, 2.45) is 0 Å². The van der Waals surface area contributed by atoms with Gasteiger partial charge in [-0.05, 0) is 18.2 Å². The molecule has 1 aromatic carbocycles. The predicted molar refractivity (Wildman–Crippen MR) is 46.3 cm³/mol. The van der Waals surface area contributed by atoms with E-state index >= 15 is 0 Å². The first-order valence-electron chi connectivity index (χ1n) is 3.24. The number of ether oxygens (including phenoxy) is 1. The van der Waals surface area contributed by atoms with Gasteiger partial charge in [0.15, 0.2) is 0 Å². The monoisotopic (exact) mass is 184 g/mol. The second kappa shape index (κ2) is 3.97.